The Kier molecular flexibility index (Phi) is 5.72. The molecule has 0 aromatic heterocycles. The Labute approximate surface area is 122 Å². The largest absolute Gasteiger partial charge is 0.497 e. The van der Waals surface area contributed by atoms with Crippen LogP contribution in [0.4, 0.5) is 0 Å². The van der Waals surface area contributed by atoms with Gasteiger partial charge in [-0.3, -0.25) is 4.90 Å². The minimum Gasteiger partial charge on any atom is -0.497 e. The third-order valence-electron chi connectivity index (χ3n) is 4.21. The molecule has 0 saturated carbocycles. The summed E-state index contributed by atoms with van der Waals surface area (Å²) < 4.78 is 11.0. The summed E-state index contributed by atoms with van der Waals surface area (Å²) in [6, 6.07) is 6.62. The number of benzene rings is 1. The molecular weight excluding hydrogens is 250 g/mol. The van der Waals surface area contributed by atoms with Crippen LogP contribution in [0, 0.1) is 0 Å². The van der Waals surface area contributed by atoms with Crippen LogP contribution in [-0.2, 0) is 0 Å². The van der Waals surface area contributed by atoms with Crippen LogP contribution in [0.1, 0.15) is 50.6 Å². The van der Waals surface area contributed by atoms with Crippen LogP contribution in [0.2, 0.25) is 0 Å². The van der Waals surface area contributed by atoms with Gasteiger partial charge in [-0.25, -0.2) is 0 Å². The predicted molar refractivity (Wildman–Crippen MR) is 82.6 cm³/mol. The Morgan fingerprint density at radius 1 is 1.20 bits per heavy atom. The fourth-order valence-electron chi connectivity index (χ4n) is 3.07. The van der Waals surface area contributed by atoms with Crippen LogP contribution >= 0.6 is 0 Å². The molecule has 20 heavy (non-hydrogen) atoms. The molecule has 0 spiro atoms. The molecule has 1 aromatic carbocycles. The first-order chi connectivity index (χ1) is 9.80. The Bertz CT molecular complexity index is 419. The second kappa shape index (κ2) is 7.53. The summed E-state index contributed by atoms with van der Waals surface area (Å²) in [6.45, 7) is 4.64. The summed E-state index contributed by atoms with van der Waals surface area (Å²) in [4.78, 5) is 2.62. The molecule has 1 heterocycles. The van der Waals surface area contributed by atoms with E-state index in [-0.39, 0.29) is 0 Å². The summed E-state index contributed by atoms with van der Waals surface area (Å²) in [5.74, 6) is 1.90. The van der Waals surface area contributed by atoms with Crippen LogP contribution in [0.3, 0.4) is 0 Å². The Balaban J connectivity index is 2.25. The van der Waals surface area contributed by atoms with Gasteiger partial charge < -0.3 is 9.47 Å². The number of hydrogen-bond acceptors (Lipinski definition) is 3. The van der Waals surface area contributed by atoms with E-state index < -0.39 is 0 Å². The lowest BCUT2D eigenvalue weighted by molar-refractivity contribution is 0.144. The van der Waals surface area contributed by atoms with Gasteiger partial charge in [-0.2, -0.15) is 0 Å². The van der Waals surface area contributed by atoms with Crippen molar-refractivity contribution >= 4 is 0 Å². The van der Waals surface area contributed by atoms with Crippen LogP contribution in [0.5, 0.6) is 11.5 Å². The van der Waals surface area contributed by atoms with E-state index in [4.69, 9.17) is 9.47 Å². The highest BCUT2D eigenvalue weighted by molar-refractivity contribution is 5.42. The molecule has 3 heteroatoms. The average molecular weight is 277 g/mol. The number of rotatable bonds is 6. The molecule has 0 unspecified atom stereocenters. The first-order valence-electron chi connectivity index (χ1n) is 7.76. The fraction of sp³-hybridized carbons (Fsp3) is 0.647. The van der Waals surface area contributed by atoms with Gasteiger partial charge in [0.2, 0.25) is 0 Å². The third kappa shape index (κ3) is 3.45. The molecule has 0 N–H and O–H groups in total. The van der Waals surface area contributed by atoms with Gasteiger partial charge in [-0.05, 0) is 50.6 Å². The zero-order chi connectivity index (χ0) is 14.4. The number of likely N-dealkylation sites (tertiary alicyclic amines) is 1. The molecule has 1 aliphatic rings. The molecule has 0 amide bonds. The zero-order valence-electron chi connectivity index (χ0n) is 13.0. The highest BCUT2D eigenvalue weighted by Gasteiger charge is 2.26. The number of piperidine rings is 1. The van der Waals surface area contributed by atoms with Crippen molar-refractivity contribution in [2.45, 2.75) is 45.1 Å². The monoisotopic (exact) mass is 277 g/mol. The average Bonchev–Trinajstić information content (AvgIpc) is 2.52. The standard InChI is InChI=1S/C17H27NO2/c1-4-5-11-18-12-7-6-8-16(18)15-13-14(19-2)9-10-17(15)20-3/h9-10,13,16H,4-8,11-12H2,1-3H3/t16-/m1/s1. The topological polar surface area (TPSA) is 21.7 Å². The van der Waals surface area contributed by atoms with Crippen LogP contribution in [0.25, 0.3) is 0 Å². The quantitative estimate of drug-likeness (QED) is 0.783. The first kappa shape index (κ1) is 15.2. The lowest BCUT2D eigenvalue weighted by Gasteiger charge is -2.36. The SMILES string of the molecule is CCCCN1CCCC[C@@H]1c1cc(OC)ccc1OC. The first-order valence-corrected chi connectivity index (χ1v) is 7.76. The summed E-state index contributed by atoms with van der Waals surface area (Å²) in [5, 5.41) is 0. The smallest absolute Gasteiger partial charge is 0.123 e. The van der Waals surface area contributed by atoms with Gasteiger partial charge in [0, 0.05) is 11.6 Å². The molecule has 1 aliphatic heterocycles. The third-order valence-corrected chi connectivity index (χ3v) is 4.21. The number of hydrogen-bond donors (Lipinski definition) is 0. The minimum atomic E-state index is 0.473. The maximum atomic E-state index is 5.57. The predicted octanol–water partition coefficient (Wildman–Crippen LogP) is 4.03. The molecule has 0 aliphatic carbocycles. The van der Waals surface area contributed by atoms with E-state index in [1.54, 1.807) is 14.2 Å². The van der Waals surface area contributed by atoms with Gasteiger partial charge in [0.15, 0.2) is 0 Å². The summed E-state index contributed by atoms with van der Waals surface area (Å²) in [5.41, 5.74) is 1.28. The summed E-state index contributed by atoms with van der Waals surface area (Å²) in [6.07, 6.45) is 6.34. The van der Waals surface area contributed by atoms with Crippen molar-refractivity contribution in [1.82, 2.24) is 4.90 Å². The van der Waals surface area contributed by atoms with E-state index >= 15 is 0 Å². The van der Waals surface area contributed by atoms with Crippen LogP contribution in [-0.4, -0.2) is 32.2 Å². The van der Waals surface area contributed by atoms with Gasteiger partial charge in [-0.1, -0.05) is 19.8 Å². The van der Waals surface area contributed by atoms with Crippen molar-refractivity contribution in [3.05, 3.63) is 23.8 Å². The highest BCUT2D eigenvalue weighted by Crippen LogP contribution is 2.38. The van der Waals surface area contributed by atoms with Gasteiger partial charge in [0.05, 0.1) is 14.2 Å². The maximum absolute atomic E-state index is 5.57. The Morgan fingerprint density at radius 2 is 2.05 bits per heavy atom. The number of nitrogens with zero attached hydrogens (tertiary/aromatic N) is 1. The van der Waals surface area contributed by atoms with E-state index in [9.17, 15) is 0 Å². The van der Waals surface area contributed by atoms with Gasteiger partial charge in [-0.15, -0.1) is 0 Å². The molecule has 3 nitrogen and oxygen atoms in total. The second-order valence-electron chi connectivity index (χ2n) is 5.51. The zero-order valence-corrected chi connectivity index (χ0v) is 13.0. The molecule has 0 bridgehead atoms. The lowest BCUT2D eigenvalue weighted by Crippen LogP contribution is -2.34. The highest BCUT2D eigenvalue weighted by atomic mass is 16.5. The van der Waals surface area contributed by atoms with E-state index in [1.807, 2.05) is 12.1 Å². The molecule has 1 aromatic rings. The number of ether oxygens (including phenoxy) is 2. The lowest BCUT2D eigenvalue weighted by atomic mass is 9.94. The van der Waals surface area contributed by atoms with E-state index in [1.165, 1.54) is 50.8 Å². The summed E-state index contributed by atoms with van der Waals surface area (Å²) >= 11 is 0. The second-order valence-corrected chi connectivity index (χ2v) is 5.51. The Hall–Kier alpha value is -1.22. The van der Waals surface area contributed by atoms with Crippen molar-refractivity contribution in [3.63, 3.8) is 0 Å². The summed E-state index contributed by atoms with van der Waals surface area (Å²) in [7, 11) is 3.48. The maximum Gasteiger partial charge on any atom is 0.123 e. The molecule has 1 saturated heterocycles. The van der Waals surface area contributed by atoms with E-state index in [0.717, 1.165) is 11.5 Å². The minimum absolute atomic E-state index is 0.473. The van der Waals surface area contributed by atoms with Crippen molar-refractivity contribution < 1.29 is 9.47 Å². The molecule has 2 rings (SSSR count). The molecule has 1 atom stereocenters. The van der Waals surface area contributed by atoms with Crippen molar-refractivity contribution in [2.24, 2.45) is 0 Å². The fourth-order valence-corrected chi connectivity index (χ4v) is 3.07. The molecule has 1 fully saturated rings. The number of unbranched alkanes of at least 4 members (excludes halogenated alkanes) is 1. The van der Waals surface area contributed by atoms with Crippen LogP contribution in [0.15, 0.2) is 18.2 Å². The van der Waals surface area contributed by atoms with E-state index in [2.05, 4.69) is 17.9 Å². The van der Waals surface area contributed by atoms with Crippen molar-refractivity contribution in [3.8, 4) is 11.5 Å². The molecule has 112 valence electrons. The Morgan fingerprint density at radius 3 is 2.75 bits per heavy atom. The molecular formula is C17H27NO2. The van der Waals surface area contributed by atoms with Gasteiger partial charge >= 0.3 is 0 Å². The molecule has 0 radical (unpaired) electrons. The van der Waals surface area contributed by atoms with Crippen LogP contribution < -0.4 is 9.47 Å². The normalized spacial score (nSPS) is 19.9. The van der Waals surface area contributed by atoms with Crippen molar-refractivity contribution in [1.29, 1.82) is 0 Å². The van der Waals surface area contributed by atoms with Gasteiger partial charge in [0.25, 0.3) is 0 Å². The number of methoxy groups -OCH3 is 2. The van der Waals surface area contributed by atoms with Gasteiger partial charge in [0.1, 0.15) is 11.5 Å². The van der Waals surface area contributed by atoms with Crippen molar-refractivity contribution in [2.75, 3.05) is 27.3 Å². The van der Waals surface area contributed by atoms with E-state index in [0.29, 0.717) is 6.04 Å².